The first-order chi connectivity index (χ1) is 13.2. The number of hydrogen-bond donors (Lipinski definition) is 2. The number of fused-ring (bicyclic) bond motifs is 1. The third kappa shape index (κ3) is 3.90. The highest BCUT2D eigenvalue weighted by Crippen LogP contribution is 2.19. The number of nitrogens with one attached hydrogen (secondary N) is 2. The lowest BCUT2D eigenvalue weighted by Crippen LogP contribution is -2.68. The van der Waals surface area contributed by atoms with Crippen molar-refractivity contribution in [1.82, 2.24) is 0 Å². The molecule has 2 N–H and O–H groups in total. The predicted molar refractivity (Wildman–Crippen MR) is 115 cm³/mol. The first-order valence-electron chi connectivity index (χ1n) is 9.21. The van der Waals surface area contributed by atoms with Gasteiger partial charge in [0.05, 0.1) is 5.56 Å². The number of benzene rings is 4. The van der Waals surface area contributed by atoms with E-state index in [0.29, 0.717) is 0 Å². The molecule has 0 spiro atoms. The SMILES string of the molecule is Cc1ccc(NC(=[NH+]c2ccc(C)cc2)c2cccc3ccccc23)cc1. The molecule has 0 aromatic heterocycles. The van der Waals surface area contributed by atoms with E-state index in [-0.39, 0.29) is 0 Å². The van der Waals surface area contributed by atoms with Gasteiger partial charge in [-0.2, -0.15) is 0 Å². The zero-order chi connectivity index (χ0) is 18.6. The zero-order valence-electron chi connectivity index (χ0n) is 15.7. The Morgan fingerprint density at radius 2 is 1.30 bits per heavy atom. The summed E-state index contributed by atoms with van der Waals surface area (Å²) >= 11 is 0. The van der Waals surface area contributed by atoms with Gasteiger partial charge in [0.1, 0.15) is 11.4 Å². The van der Waals surface area contributed by atoms with Gasteiger partial charge in [0.2, 0.25) is 0 Å². The Labute approximate surface area is 160 Å². The lowest BCUT2D eigenvalue weighted by atomic mass is 10.0. The summed E-state index contributed by atoms with van der Waals surface area (Å²) in [7, 11) is 0. The molecule has 0 bridgehead atoms. The van der Waals surface area contributed by atoms with E-state index in [1.54, 1.807) is 0 Å². The van der Waals surface area contributed by atoms with E-state index in [0.717, 1.165) is 22.8 Å². The van der Waals surface area contributed by atoms with Crippen molar-refractivity contribution in [2.75, 3.05) is 5.32 Å². The number of anilines is 1. The van der Waals surface area contributed by atoms with Crippen LogP contribution < -0.4 is 10.3 Å². The molecule has 4 aromatic carbocycles. The summed E-state index contributed by atoms with van der Waals surface area (Å²) < 4.78 is 0. The van der Waals surface area contributed by atoms with Gasteiger partial charge in [0, 0.05) is 0 Å². The van der Waals surface area contributed by atoms with Crippen molar-refractivity contribution >= 4 is 28.0 Å². The van der Waals surface area contributed by atoms with Crippen LogP contribution in [0.3, 0.4) is 0 Å². The van der Waals surface area contributed by atoms with Gasteiger partial charge in [-0.25, -0.2) is 10.3 Å². The van der Waals surface area contributed by atoms with Crippen LogP contribution in [0.15, 0.2) is 91.0 Å². The summed E-state index contributed by atoms with van der Waals surface area (Å²) in [4.78, 5) is 3.58. The minimum Gasteiger partial charge on any atom is -0.240 e. The van der Waals surface area contributed by atoms with Crippen molar-refractivity contribution in [2.45, 2.75) is 13.8 Å². The van der Waals surface area contributed by atoms with E-state index in [1.165, 1.54) is 21.9 Å². The predicted octanol–water partition coefficient (Wildman–Crippen LogP) is 4.73. The van der Waals surface area contributed by atoms with Gasteiger partial charge in [-0.15, -0.1) is 0 Å². The Balaban J connectivity index is 1.84. The molecule has 4 rings (SSSR count). The fourth-order valence-corrected chi connectivity index (χ4v) is 3.17. The van der Waals surface area contributed by atoms with Gasteiger partial charge in [0.15, 0.2) is 0 Å². The number of rotatable bonds is 3. The quantitative estimate of drug-likeness (QED) is 0.405. The van der Waals surface area contributed by atoms with E-state index in [1.807, 2.05) is 0 Å². The molecule has 0 aliphatic rings. The molecule has 0 fully saturated rings. The number of aryl methyl sites for hydroxylation is 2. The molecule has 27 heavy (non-hydrogen) atoms. The molecule has 4 aromatic rings. The molecule has 0 aliphatic carbocycles. The van der Waals surface area contributed by atoms with E-state index >= 15 is 0 Å². The highest BCUT2D eigenvalue weighted by molar-refractivity contribution is 6.13. The van der Waals surface area contributed by atoms with Crippen LogP contribution in [0.25, 0.3) is 10.8 Å². The van der Waals surface area contributed by atoms with Crippen LogP contribution in [-0.2, 0) is 0 Å². The van der Waals surface area contributed by atoms with E-state index in [2.05, 4.69) is 115 Å². The number of hydrogen-bond acceptors (Lipinski definition) is 0. The lowest BCUT2D eigenvalue weighted by molar-refractivity contribution is -0.352. The van der Waals surface area contributed by atoms with Crippen molar-refractivity contribution in [3.05, 3.63) is 108 Å². The van der Waals surface area contributed by atoms with Crippen molar-refractivity contribution in [2.24, 2.45) is 0 Å². The molecule has 132 valence electrons. The molecular weight excluding hydrogens is 328 g/mol. The highest BCUT2D eigenvalue weighted by Gasteiger charge is 2.15. The second-order valence-corrected chi connectivity index (χ2v) is 6.88. The Morgan fingerprint density at radius 3 is 2.04 bits per heavy atom. The fraction of sp³-hybridized carbons (Fsp3) is 0.0800. The van der Waals surface area contributed by atoms with Crippen molar-refractivity contribution in [3.8, 4) is 0 Å². The maximum absolute atomic E-state index is 3.58. The molecule has 2 nitrogen and oxygen atoms in total. The first kappa shape index (κ1) is 17.0. The van der Waals surface area contributed by atoms with Crippen LogP contribution in [0.2, 0.25) is 0 Å². The molecule has 0 amide bonds. The normalized spacial score (nSPS) is 11.6. The van der Waals surface area contributed by atoms with Crippen LogP contribution in [0, 0.1) is 13.8 Å². The molecule has 0 atom stereocenters. The standard InChI is InChI=1S/C25H22N2/c1-18-10-14-21(15-11-18)26-25(27-22-16-12-19(2)13-17-22)24-9-5-7-20-6-3-4-8-23(20)24/h3-17H,1-2H3,(H,26,27)/p+1. The minimum atomic E-state index is 0.972. The van der Waals surface area contributed by atoms with Crippen LogP contribution in [0.5, 0.6) is 0 Å². The third-order valence-corrected chi connectivity index (χ3v) is 4.70. The third-order valence-electron chi connectivity index (χ3n) is 4.70. The molecule has 0 aliphatic heterocycles. The Hall–Kier alpha value is -3.39. The summed E-state index contributed by atoms with van der Waals surface area (Å²) in [6.07, 6.45) is 0. The van der Waals surface area contributed by atoms with Crippen molar-refractivity contribution in [3.63, 3.8) is 0 Å². The molecule has 0 heterocycles. The van der Waals surface area contributed by atoms with Gasteiger partial charge in [-0.05, 0) is 55.0 Å². The van der Waals surface area contributed by atoms with E-state index in [9.17, 15) is 0 Å². The monoisotopic (exact) mass is 351 g/mol. The molecule has 2 heteroatoms. The van der Waals surface area contributed by atoms with Crippen LogP contribution >= 0.6 is 0 Å². The maximum Gasteiger partial charge on any atom is 0.285 e. The van der Waals surface area contributed by atoms with Gasteiger partial charge < -0.3 is 0 Å². The Morgan fingerprint density at radius 1 is 0.667 bits per heavy atom. The first-order valence-corrected chi connectivity index (χ1v) is 9.21. The smallest absolute Gasteiger partial charge is 0.240 e. The number of amidine groups is 1. The maximum atomic E-state index is 3.58. The van der Waals surface area contributed by atoms with Crippen LogP contribution in [0.1, 0.15) is 16.7 Å². The van der Waals surface area contributed by atoms with Gasteiger partial charge in [-0.1, -0.05) is 71.8 Å². The summed E-state index contributed by atoms with van der Waals surface area (Å²) in [6, 6.07) is 31.8. The molecule has 0 saturated heterocycles. The van der Waals surface area contributed by atoms with E-state index < -0.39 is 0 Å². The zero-order valence-corrected chi connectivity index (χ0v) is 15.7. The van der Waals surface area contributed by atoms with Crippen LogP contribution in [-0.4, -0.2) is 5.84 Å². The van der Waals surface area contributed by atoms with Crippen LogP contribution in [0.4, 0.5) is 11.4 Å². The van der Waals surface area contributed by atoms with E-state index in [4.69, 9.17) is 0 Å². The highest BCUT2D eigenvalue weighted by atomic mass is 15.0. The lowest BCUT2D eigenvalue weighted by Gasteiger charge is -2.08. The summed E-state index contributed by atoms with van der Waals surface area (Å²) in [5.74, 6) is 0.972. The Kier molecular flexibility index (Phi) is 4.71. The van der Waals surface area contributed by atoms with Crippen molar-refractivity contribution < 1.29 is 4.99 Å². The molecule has 0 unspecified atom stereocenters. The Bertz CT molecular complexity index is 1090. The second-order valence-electron chi connectivity index (χ2n) is 6.88. The topological polar surface area (TPSA) is 26.0 Å². The largest absolute Gasteiger partial charge is 0.285 e. The van der Waals surface area contributed by atoms with Gasteiger partial charge >= 0.3 is 0 Å². The summed E-state index contributed by atoms with van der Waals surface area (Å²) in [5, 5.41) is 6.03. The average Bonchev–Trinajstić information content (AvgIpc) is 2.70. The fourth-order valence-electron chi connectivity index (χ4n) is 3.17. The molecule has 0 radical (unpaired) electrons. The molecular formula is C25H23N2+. The second kappa shape index (κ2) is 7.46. The van der Waals surface area contributed by atoms with Gasteiger partial charge in [0.25, 0.3) is 5.84 Å². The van der Waals surface area contributed by atoms with Crippen molar-refractivity contribution in [1.29, 1.82) is 0 Å². The minimum absolute atomic E-state index is 0.972. The molecule has 0 saturated carbocycles. The summed E-state index contributed by atoms with van der Waals surface area (Å²) in [6.45, 7) is 4.20. The summed E-state index contributed by atoms with van der Waals surface area (Å²) in [5.41, 5.74) is 5.76. The van der Waals surface area contributed by atoms with Gasteiger partial charge in [-0.3, -0.25) is 0 Å². The average molecular weight is 351 g/mol.